The normalized spacial score (nSPS) is 16.5. The van der Waals surface area contributed by atoms with E-state index in [1.165, 1.54) is 29.3 Å². The zero-order chi connectivity index (χ0) is 17.1. The van der Waals surface area contributed by atoms with Gasteiger partial charge < -0.3 is 10.2 Å². The number of nitrogens with one attached hydrogen (secondary N) is 1. The number of aryl methyl sites for hydroxylation is 1. The second-order valence-corrected chi connectivity index (χ2v) is 7.29. The lowest BCUT2D eigenvalue weighted by Crippen LogP contribution is -2.34. The van der Waals surface area contributed by atoms with Crippen LogP contribution in [0.4, 0.5) is 14.9 Å². The molecule has 5 nitrogen and oxygen atoms in total. The van der Waals surface area contributed by atoms with Crippen LogP contribution in [0.1, 0.15) is 35.8 Å². The summed E-state index contributed by atoms with van der Waals surface area (Å²) in [6.07, 6.45) is 5.81. The molecule has 0 bridgehead atoms. The minimum atomic E-state index is -0.541. The highest BCUT2D eigenvalue weighted by Gasteiger charge is 2.22. The highest BCUT2D eigenvalue weighted by molar-refractivity contribution is 7.11. The van der Waals surface area contributed by atoms with E-state index in [-0.39, 0.29) is 11.7 Å². The second kappa shape index (κ2) is 7.25. The van der Waals surface area contributed by atoms with Crippen molar-refractivity contribution in [2.45, 2.75) is 39.7 Å². The molecule has 0 aromatic carbocycles. The first-order valence-corrected chi connectivity index (χ1v) is 9.01. The number of carbonyl (C=O) groups excluding carboxylic acids is 1. The number of pyridine rings is 1. The summed E-state index contributed by atoms with van der Waals surface area (Å²) < 4.78 is 13.6. The lowest BCUT2D eigenvalue weighted by molar-refractivity contribution is 0.212. The van der Waals surface area contributed by atoms with Gasteiger partial charge in [0.1, 0.15) is 5.01 Å². The van der Waals surface area contributed by atoms with Gasteiger partial charge in [0.05, 0.1) is 24.1 Å². The summed E-state index contributed by atoms with van der Waals surface area (Å²) in [7, 11) is 0. The molecule has 2 aromatic rings. The number of hydrogen-bond donors (Lipinski definition) is 1. The lowest BCUT2D eigenvalue weighted by Gasteiger charge is -2.20. The molecular formula is C17H21FN4OS. The molecule has 1 aliphatic carbocycles. The molecule has 2 heterocycles. The minimum absolute atomic E-state index is 0.140. The first kappa shape index (κ1) is 16.8. The van der Waals surface area contributed by atoms with E-state index in [0.29, 0.717) is 19.0 Å². The van der Waals surface area contributed by atoms with Crippen molar-refractivity contribution in [2.24, 2.45) is 5.92 Å². The topological polar surface area (TPSA) is 58.1 Å². The fraction of sp³-hybridized carbons (Fsp3) is 0.471. The van der Waals surface area contributed by atoms with Gasteiger partial charge in [0, 0.05) is 17.6 Å². The molecule has 0 fully saturated rings. The van der Waals surface area contributed by atoms with E-state index in [1.54, 1.807) is 16.2 Å². The van der Waals surface area contributed by atoms with Crippen LogP contribution in [0.15, 0.2) is 18.5 Å². The highest BCUT2D eigenvalue weighted by atomic mass is 32.1. The Balaban J connectivity index is 1.68. The van der Waals surface area contributed by atoms with Crippen LogP contribution in [0.5, 0.6) is 0 Å². The van der Waals surface area contributed by atoms with E-state index in [0.717, 1.165) is 24.0 Å². The van der Waals surface area contributed by atoms with Crippen LogP contribution >= 0.6 is 11.3 Å². The average Bonchev–Trinajstić information content (AvgIpc) is 2.96. The van der Waals surface area contributed by atoms with Crippen LogP contribution in [0.2, 0.25) is 0 Å². The molecule has 1 atom stereocenters. The summed E-state index contributed by atoms with van der Waals surface area (Å²) >= 11 is 1.69. The van der Waals surface area contributed by atoms with E-state index >= 15 is 0 Å². The number of carbonyl (C=O) groups is 1. The third-order valence-corrected chi connectivity index (χ3v) is 5.34. The Hall–Kier alpha value is -2.02. The number of thiazole rings is 1. The van der Waals surface area contributed by atoms with Crippen molar-refractivity contribution in [3.8, 4) is 0 Å². The Morgan fingerprint density at radius 2 is 2.38 bits per heavy atom. The predicted octanol–water partition coefficient (Wildman–Crippen LogP) is 3.86. The molecular weight excluding hydrogens is 327 g/mol. The number of aromatic nitrogens is 2. The minimum Gasteiger partial charge on any atom is -0.318 e. The highest BCUT2D eigenvalue weighted by Crippen LogP contribution is 2.30. The molecule has 3 rings (SSSR count). The number of rotatable bonds is 4. The summed E-state index contributed by atoms with van der Waals surface area (Å²) in [6, 6.07) is 1.12. The Morgan fingerprint density at radius 1 is 1.54 bits per heavy atom. The van der Waals surface area contributed by atoms with Gasteiger partial charge >= 0.3 is 6.03 Å². The van der Waals surface area contributed by atoms with Gasteiger partial charge in [-0.05, 0) is 38.2 Å². The molecule has 2 aromatic heterocycles. The van der Waals surface area contributed by atoms with Gasteiger partial charge in [-0.3, -0.25) is 4.98 Å². The van der Waals surface area contributed by atoms with Crippen molar-refractivity contribution < 1.29 is 9.18 Å². The molecule has 7 heteroatoms. The van der Waals surface area contributed by atoms with Gasteiger partial charge in [-0.2, -0.15) is 0 Å². The number of hydrogen-bond acceptors (Lipinski definition) is 4. The Labute approximate surface area is 144 Å². The van der Waals surface area contributed by atoms with Crippen molar-refractivity contribution >= 4 is 23.1 Å². The van der Waals surface area contributed by atoms with Gasteiger partial charge in [-0.25, -0.2) is 14.2 Å². The summed E-state index contributed by atoms with van der Waals surface area (Å²) in [6.45, 7) is 5.13. The van der Waals surface area contributed by atoms with E-state index in [1.807, 2.05) is 6.92 Å². The number of nitrogens with zero attached hydrogens (tertiary/aromatic N) is 3. The quantitative estimate of drug-likeness (QED) is 0.913. The number of halogens is 1. The fourth-order valence-corrected chi connectivity index (χ4v) is 4.12. The van der Waals surface area contributed by atoms with Gasteiger partial charge in [-0.1, -0.05) is 6.92 Å². The maximum absolute atomic E-state index is 13.6. The summed E-state index contributed by atoms with van der Waals surface area (Å²) in [5, 5.41) is 3.54. The van der Waals surface area contributed by atoms with Crippen molar-refractivity contribution in [1.29, 1.82) is 0 Å². The first-order chi connectivity index (χ1) is 11.6. The van der Waals surface area contributed by atoms with E-state index < -0.39 is 5.82 Å². The lowest BCUT2D eigenvalue weighted by atomic mass is 9.93. The summed E-state index contributed by atoms with van der Waals surface area (Å²) in [5.74, 6) is 0.159. The number of fused-ring (bicyclic) bond motifs is 1. The Bertz CT molecular complexity index is 733. The molecule has 2 amide bonds. The van der Waals surface area contributed by atoms with Crippen LogP contribution in [0.25, 0.3) is 0 Å². The molecule has 0 saturated heterocycles. The van der Waals surface area contributed by atoms with Crippen molar-refractivity contribution in [3.05, 3.63) is 39.9 Å². The smallest absolute Gasteiger partial charge is 0.318 e. The molecule has 1 aliphatic rings. The van der Waals surface area contributed by atoms with Gasteiger partial charge in [0.25, 0.3) is 0 Å². The predicted molar refractivity (Wildman–Crippen MR) is 92.6 cm³/mol. The molecule has 0 saturated carbocycles. The van der Waals surface area contributed by atoms with Crippen LogP contribution in [-0.2, 0) is 19.4 Å². The van der Waals surface area contributed by atoms with Crippen molar-refractivity contribution in [1.82, 2.24) is 14.9 Å². The molecule has 0 aliphatic heterocycles. The van der Waals surface area contributed by atoms with Crippen LogP contribution in [0, 0.1) is 11.7 Å². The zero-order valence-electron chi connectivity index (χ0n) is 13.9. The Morgan fingerprint density at radius 3 is 3.12 bits per heavy atom. The molecule has 1 unspecified atom stereocenters. The molecule has 24 heavy (non-hydrogen) atoms. The molecule has 0 spiro atoms. The molecule has 0 radical (unpaired) electrons. The third kappa shape index (κ3) is 3.72. The summed E-state index contributed by atoms with van der Waals surface area (Å²) in [5.41, 5.74) is 1.32. The van der Waals surface area contributed by atoms with Crippen molar-refractivity contribution in [2.75, 3.05) is 11.9 Å². The van der Waals surface area contributed by atoms with Crippen molar-refractivity contribution in [3.63, 3.8) is 0 Å². The maximum atomic E-state index is 13.6. The van der Waals surface area contributed by atoms with Gasteiger partial charge in [-0.15, -0.1) is 11.3 Å². The number of urea groups is 1. The largest absolute Gasteiger partial charge is 0.322 e. The standard InChI is InChI=1S/C17H21FN4OS/c1-3-22(17(23)21-13-6-7-19-9-12(13)18)10-16-20-14-5-4-11(2)8-15(14)24-16/h6-7,9,11H,3-5,8,10H2,1-2H3,(H,19,21,23). The SMILES string of the molecule is CCN(Cc1nc2c(s1)CC(C)CC2)C(=O)Nc1ccncc1F. The van der Waals surface area contributed by atoms with E-state index in [4.69, 9.17) is 4.98 Å². The first-order valence-electron chi connectivity index (χ1n) is 8.19. The van der Waals surface area contributed by atoms with E-state index in [9.17, 15) is 9.18 Å². The van der Waals surface area contributed by atoms with Gasteiger partial charge in [0.15, 0.2) is 5.82 Å². The average molecular weight is 348 g/mol. The fourth-order valence-electron chi connectivity index (χ4n) is 2.82. The van der Waals surface area contributed by atoms with E-state index in [2.05, 4.69) is 17.2 Å². The van der Waals surface area contributed by atoms with Crippen LogP contribution in [-0.4, -0.2) is 27.4 Å². The zero-order valence-corrected chi connectivity index (χ0v) is 14.7. The van der Waals surface area contributed by atoms with Crippen LogP contribution < -0.4 is 5.32 Å². The summed E-state index contributed by atoms with van der Waals surface area (Å²) in [4.78, 5) is 23.8. The number of anilines is 1. The monoisotopic (exact) mass is 348 g/mol. The Kier molecular flexibility index (Phi) is 5.08. The number of amides is 2. The molecule has 128 valence electrons. The molecule has 1 N–H and O–H groups in total. The van der Waals surface area contributed by atoms with Gasteiger partial charge in [0.2, 0.25) is 0 Å². The second-order valence-electron chi connectivity index (χ2n) is 6.13. The van der Waals surface area contributed by atoms with Crippen LogP contribution in [0.3, 0.4) is 0 Å². The maximum Gasteiger partial charge on any atom is 0.322 e. The third-order valence-electron chi connectivity index (χ3n) is 4.24.